The van der Waals surface area contributed by atoms with E-state index in [2.05, 4.69) is 4.90 Å². The van der Waals surface area contributed by atoms with Crippen LogP contribution in [0.25, 0.3) is 0 Å². The molecule has 3 amide bonds. The first-order chi connectivity index (χ1) is 22.4. The Morgan fingerprint density at radius 3 is 2.26 bits per heavy atom. The molecular weight excluding hydrogens is 584 g/mol. The molecule has 0 radical (unpaired) electrons. The van der Waals surface area contributed by atoms with E-state index in [9.17, 15) is 19.5 Å². The number of anilines is 1. The van der Waals surface area contributed by atoms with Crippen LogP contribution in [-0.4, -0.2) is 120 Å². The Morgan fingerprint density at radius 2 is 1.54 bits per heavy atom. The van der Waals surface area contributed by atoms with E-state index in [1.165, 1.54) is 0 Å². The number of para-hydroxylation sites is 1. The molecule has 5 heterocycles. The van der Waals surface area contributed by atoms with E-state index >= 15 is 0 Å². The van der Waals surface area contributed by atoms with Crippen LogP contribution in [-0.2, 0) is 30.3 Å². The van der Waals surface area contributed by atoms with Crippen LogP contribution in [0.2, 0.25) is 0 Å². The van der Waals surface area contributed by atoms with Gasteiger partial charge < -0.3 is 29.3 Å². The minimum absolute atomic E-state index is 0.215. The summed E-state index contributed by atoms with van der Waals surface area (Å²) in [6.45, 7) is 6.32. The fraction of sp³-hybridized carbons (Fsp3) is 0.472. The first kappa shape index (κ1) is 30.8. The van der Waals surface area contributed by atoms with E-state index in [4.69, 9.17) is 9.47 Å². The number of carbonyl (C=O) groups excluding carboxylic acids is 3. The predicted molar refractivity (Wildman–Crippen MR) is 172 cm³/mol. The third-order valence-corrected chi connectivity index (χ3v) is 10.4. The number of carbonyl (C=O) groups is 3. The smallest absolute Gasteiger partial charge is 0.249 e. The standard InChI is InChI=1S/C36H42N4O6/c1-35-14-8-17-39(27-12-6-3-7-13-27)32(42)29(35)30-33(43)40(28(25-41)24-26-10-4-2-5-11-26)31-34(44)38(16-9-15-36(30,31)46-35)19-18-37-20-22-45-23-21-37/h2-15,28-31,41H,16-25H2,1H3/t28-,29-,30+,31?,35+,36+/m1/s1. The Kier molecular flexibility index (Phi) is 8.31. The van der Waals surface area contributed by atoms with E-state index in [0.29, 0.717) is 45.8 Å². The third-order valence-electron chi connectivity index (χ3n) is 10.4. The quantitative estimate of drug-likeness (QED) is 0.447. The molecule has 2 aromatic carbocycles. The predicted octanol–water partition coefficient (Wildman–Crippen LogP) is 1.89. The molecule has 6 atom stereocenters. The van der Waals surface area contributed by atoms with Gasteiger partial charge in [0.25, 0.3) is 0 Å². The van der Waals surface area contributed by atoms with Gasteiger partial charge in [0.05, 0.1) is 43.3 Å². The lowest BCUT2D eigenvalue weighted by atomic mass is 9.74. The Labute approximate surface area is 269 Å². The van der Waals surface area contributed by atoms with Crippen molar-refractivity contribution in [2.24, 2.45) is 11.8 Å². The summed E-state index contributed by atoms with van der Waals surface area (Å²) in [7, 11) is 0. The number of hydrogen-bond acceptors (Lipinski definition) is 7. The summed E-state index contributed by atoms with van der Waals surface area (Å²) in [5.41, 5.74) is -0.825. The van der Waals surface area contributed by atoms with E-state index in [-0.39, 0.29) is 24.3 Å². The molecule has 5 aliphatic heterocycles. The summed E-state index contributed by atoms with van der Waals surface area (Å²) in [6, 6.07) is 17.4. The molecular formula is C36H42N4O6. The number of hydrogen-bond donors (Lipinski definition) is 1. The van der Waals surface area contributed by atoms with Crippen molar-refractivity contribution in [2.75, 3.05) is 64.0 Å². The number of amides is 3. The van der Waals surface area contributed by atoms with Gasteiger partial charge in [0.1, 0.15) is 11.6 Å². The number of aliphatic hydroxyl groups is 1. The Bertz CT molecular complexity index is 1510. The zero-order valence-corrected chi connectivity index (χ0v) is 26.2. The molecule has 1 spiro atoms. The van der Waals surface area contributed by atoms with Crippen LogP contribution in [0, 0.1) is 11.8 Å². The summed E-state index contributed by atoms with van der Waals surface area (Å²) in [4.78, 5) is 51.6. The number of benzene rings is 2. The average molecular weight is 627 g/mol. The van der Waals surface area contributed by atoms with Crippen molar-refractivity contribution in [3.05, 3.63) is 90.5 Å². The van der Waals surface area contributed by atoms with Gasteiger partial charge in [0.2, 0.25) is 17.7 Å². The number of rotatable bonds is 8. The van der Waals surface area contributed by atoms with Crippen molar-refractivity contribution in [2.45, 2.75) is 36.6 Å². The van der Waals surface area contributed by atoms with Gasteiger partial charge in [-0.25, -0.2) is 0 Å². The van der Waals surface area contributed by atoms with Crippen LogP contribution in [0.3, 0.4) is 0 Å². The maximum Gasteiger partial charge on any atom is 0.249 e. The highest BCUT2D eigenvalue weighted by molar-refractivity contribution is 6.04. The van der Waals surface area contributed by atoms with Gasteiger partial charge in [-0.2, -0.15) is 0 Å². The summed E-state index contributed by atoms with van der Waals surface area (Å²) in [6.07, 6.45) is 7.97. The van der Waals surface area contributed by atoms with Gasteiger partial charge in [-0.15, -0.1) is 0 Å². The highest BCUT2D eigenvalue weighted by atomic mass is 16.5. The van der Waals surface area contributed by atoms with Gasteiger partial charge in [-0.1, -0.05) is 72.8 Å². The number of fused-ring (bicyclic) bond motifs is 2. The monoisotopic (exact) mass is 626 g/mol. The maximum atomic E-state index is 14.9. The van der Waals surface area contributed by atoms with Crippen LogP contribution in [0.1, 0.15) is 12.5 Å². The van der Waals surface area contributed by atoms with E-state index in [0.717, 1.165) is 24.3 Å². The van der Waals surface area contributed by atoms with Gasteiger partial charge in [0.15, 0.2) is 0 Å². The van der Waals surface area contributed by atoms with E-state index in [1.807, 2.05) is 91.9 Å². The second-order valence-electron chi connectivity index (χ2n) is 13.1. The number of ether oxygens (including phenoxy) is 2. The molecule has 242 valence electrons. The Hall–Kier alpha value is -3.83. The first-order valence-electron chi connectivity index (χ1n) is 16.3. The van der Waals surface area contributed by atoms with Gasteiger partial charge in [-0.3, -0.25) is 19.3 Å². The number of aliphatic hydroxyl groups excluding tert-OH is 1. The highest BCUT2D eigenvalue weighted by Crippen LogP contribution is 2.58. The Balaban J connectivity index is 1.29. The molecule has 5 aliphatic rings. The summed E-state index contributed by atoms with van der Waals surface area (Å²) in [5.74, 6) is -2.60. The van der Waals surface area contributed by atoms with Crippen molar-refractivity contribution in [1.29, 1.82) is 0 Å². The fourth-order valence-electron chi connectivity index (χ4n) is 8.17. The zero-order valence-electron chi connectivity index (χ0n) is 26.2. The lowest BCUT2D eigenvalue weighted by Gasteiger charge is -2.40. The van der Waals surface area contributed by atoms with Gasteiger partial charge in [0, 0.05) is 45.0 Å². The van der Waals surface area contributed by atoms with Crippen molar-refractivity contribution < 1.29 is 29.0 Å². The van der Waals surface area contributed by atoms with Crippen LogP contribution >= 0.6 is 0 Å². The van der Waals surface area contributed by atoms with Crippen molar-refractivity contribution >= 4 is 23.4 Å². The summed E-state index contributed by atoms with van der Waals surface area (Å²) >= 11 is 0. The normalized spacial score (nSPS) is 31.8. The molecule has 0 saturated carbocycles. The first-order valence-corrected chi connectivity index (χ1v) is 16.3. The van der Waals surface area contributed by atoms with Crippen molar-refractivity contribution in [3.63, 3.8) is 0 Å². The molecule has 10 heteroatoms. The molecule has 46 heavy (non-hydrogen) atoms. The lowest BCUT2D eigenvalue weighted by Crippen LogP contribution is -2.59. The van der Waals surface area contributed by atoms with Crippen LogP contribution in [0.15, 0.2) is 85.0 Å². The van der Waals surface area contributed by atoms with Crippen LogP contribution < -0.4 is 4.90 Å². The minimum Gasteiger partial charge on any atom is -0.394 e. The largest absolute Gasteiger partial charge is 0.394 e. The molecule has 3 fully saturated rings. The van der Waals surface area contributed by atoms with E-state index < -0.39 is 35.1 Å². The number of nitrogens with zero attached hydrogens (tertiary/aromatic N) is 4. The lowest BCUT2D eigenvalue weighted by molar-refractivity contribution is -0.154. The molecule has 1 N–H and O–H groups in total. The SMILES string of the molecule is C[C@]12C=CCN(c3ccccc3)C(=O)[C@H]1[C@H]1C(=O)N([C@@H](CO)Cc3ccccc3)C3C(=O)N(CCN4CCOCC4)CC=C[C@@]31O2. The molecule has 10 nitrogen and oxygen atoms in total. The van der Waals surface area contributed by atoms with Crippen LogP contribution in [0.5, 0.6) is 0 Å². The van der Waals surface area contributed by atoms with Gasteiger partial charge in [-0.05, 0) is 31.0 Å². The topological polar surface area (TPSA) is 103 Å². The molecule has 2 aromatic rings. The molecule has 7 rings (SSSR count). The van der Waals surface area contributed by atoms with E-state index in [1.54, 1.807) is 14.7 Å². The molecule has 0 bridgehead atoms. The molecule has 3 saturated heterocycles. The second-order valence-corrected chi connectivity index (χ2v) is 13.1. The minimum atomic E-state index is -1.38. The van der Waals surface area contributed by atoms with Crippen molar-refractivity contribution in [3.8, 4) is 0 Å². The maximum absolute atomic E-state index is 14.9. The summed E-state index contributed by atoms with van der Waals surface area (Å²) < 4.78 is 12.5. The van der Waals surface area contributed by atoms with Crippen molar-refractivity contribution in [1.82, 2.24) is 14.7 Å². The van der Waals surface area contributed by atoms with Gasteiger partial charge >= 0.3 is 0 Å². The zero-order chi connectivity index (χ0) is 31.9. The second kappa shape index (κ2) is 12.4. The summed E-state index contributed by atoms with van der Waals surface area (Å²) in [5, 5.41) is 10.8. The molecule has 0 aromatic heterocycles. The van der Waals surface area contributed by atoms with Crippen LogP contribution in [0.4, 0.5) is 5.69 Å². The average Bonchev–Trinajstić information content (AvgIpc) is 3.36. The third kappa shape index (κ3) is 5.17. The highest BCUT2D eigenvalue weighted by Gasteiger charge is 2.75. The number of likely N-dealkylation sites (tertiary alicyclic amines) is 1. The molecule has 0 aliphatic carbocycles. The molecule has 1 unspecified atom stereocenters. The number of morpholine rings is 1. The Morgan fingerprint density at radius 1 is 0.848 bits per heavy atom. The fourth-order valence-corrected chi connectivity index (χ4v) is 8.17.